The van der Waals surface area contributed by atoms with Crippen molar-refractivity contribution >= 4 is 15.9 Å². The minimum Gasteiger partial charge on any atom is -0.496 e. The van der Waals surface area contributed by atoms with Crippen LogP contribution in [-0.4, -0.2) is 13.7 Å². The van der Waals surface area contributed by atoms with Gasteiger partial charge in [0.25, 0.3) is 0 Å². The molecule has 0 aliphatic carbocycles. The van der Waals surface area contributed by atoms with Gasteiger partial charge in [0, 0.05) is 4.47 Å². The molecule has 1 unspecified atom stereocenters. The number of halogens is 1. The molecule has 0 aromatic heterocycles. The van der Waals surface area contributed by atoms with E-state index in [-0.39, 0.29) is 0 Å². The van der Waals surface area contributed by atoms with E-state index < -0.39 is 0 Å². The molecule has 0 saturated carbocycles. The Kier molecular flexibility index (Phi) is 5.85. The zero-order valence-corrected chi connectivity index (χ0v) is 11.6. The highest BCUT2D eigenvalue weighted by Crippen LogP contribution is 2.34. The Labute approximate surface area is 106 Å². The van der Waals surface area contributed by atoms with Crippen LogP contribution in [0.15, 0.2) is 22.7 Å². The number of methoxy groups -OCH3 is 1. The maximum atomic E-state index is 5.57. The van der Waals surface area contributed by atoms with Gasteiger partial charge in [-0.15, -0.1) is 0 Å². The second-order valence-electron chi connectivity index (χ2n) is 3.92. The Balaban J connectivity index is 2.92. The third-order valence-electron chi connectivity index (χ3n) is 2.88. The molecule has 0 radical (unpaired) electrons. The molecule has 90 valence electrons. The number of nitrogens with two attached hydrogens (primary N) is 1. The normalized spacial score (nSPS) is 12.5. The number of ether oxygens (including phenoxy) is 1. The molecule has 0 saturated heterocycles. The van der Waals surface area contributed by atoms with E-state index in [0.717, 1.165) is 36.0 Å². The molecule has 1 aromatic carbocycles. The third-order valence-corrected chi connectivity index (χ3v) is 3.37. The molecule has 1 rings (SSSR count). The first-order chi connectivity index (χ1) is 7.72. The quantitative estimate of drug-likeness (QED) is 0.865. The van der Waals surface area contributed by atoms with Crippen LogP contribution in [0.5, 0.6) is 5.75 Å². The maximum absolute atomic E-state index is 5.57. The first-order valence-electron chi connectivity index (χ1n) is 5.76. The second-order valence-corrected chi connectivity index (χ2v) is 4.84. The first kappa shape index (κ1) is 13.5. The molecule has 16 heavy (non-hydrogen) atoms. The Morgan fingerprint density at radius 3 is 2.75 bits per heavy atom. The summed E-state index contributed by atoms with van der Waals surface area (Å²) >= 11 is 3.51. The highest BCUT2D eigenvalue weighted by molar-refractivity contribution is 9.10. The van der Waals surface area contributed by atoms with E-state index in [4.69, 9.17) is 10.5 Å². The van der Waals surface area contributed by atoms with Crippen molar-refractivity contribution in [2.24, 2.45) is 5.73 Å². The zero-order chi connectivity index (χ0) is 12.0. The molecular weight excluding hydrogens is 266 g/mol. The molecule has 0 bridgehead atoms. The van der Waals surface area contributed by atoms with E-state index >= 15 is 0 Å². The van der Waals surface area contributed by atoms with Crippen molar-refractivity contribution in [1.82, 2.24) is 0 Å². The van der Waals surface area contributed by atoms with Gasteiger partial charge in [-0.3, -0.25) is 0 Å². The summed E-state index contributed by atoms with van der Waals surface area (Å²) in [7, 11) is 1.72. The highest BCUT2D eigenvalue weighted by Gasteiger charge is 2.14. The van der Waals surface area contributed by atoms with E-state index in [9.17, 15) is 0 Å². The Bertz CT molecular complexity index is 328. The van der Waals surface area contributed by atoms with Crippen LogP contribution in [0, 0.1) is 0 Å². The number of hydrogen-bond acceptors (Lipinski definition) is 2. The minimum atomic E-state index is 0.538. The fraction of sp³-hybridized carbons (Fsp3) is 0.538. The summed E-state index contributed by atoms with van der Waals surface area (Å²) < 4.78 is 6.52. The standard InChI is InChI=1S/C13H20BrNO/c1-3-10(5-4-8-15)12-9-11(14)6-7-13(12)16-2/h6-7,9-10H,3-5,8,15H2,1-2H3. The van der Waals surface area contributed by atoms with Crippen molar-refractivity contribution < 1.29 is 4.74 Å². The Morgan fingerprint density at radius 1 is 1.44 bits per heavy atom. The van der Waals surface area contributed by atoms with Gasteiger partial charge in [-0.05, 0) is 55.5 Å². The Hall–Kier alpha value is -0.540. The average molecular weight is 286 g/mol. The van der Waals surface area contributed by atoms with Crippen LogP contribution in [0.25, 0.3) is 0 Å². The lowest BCUT2D eigenvalue weighted by atomic mass is 9.91. The monoisotopic (exact) mass is 285 g/mol. The summed E-state index contributed by atoms with van der Waals surface area (Å²) in [5.41, 5.74) is 6.85. The molecule has 0 aliphatic heterocycles. The first-order valence-corrected chi connectivity index (χ1v) is 6.55. The van der Waals surface area contributed by atoms with Crippen LogP contribution in [0.1, 0.15) is 37.7 Å². The molecule has 3 heteroatoms. The van der Waals surface area contributed by atoms with E-state index in [2.05, 4.69) is 28.9 Å². The van der Waals surface area contributed by atoms with Gasteiger partial charge in [0.15, 0.2) is 0 Å². The fourth-order valence-corrected chi connectivity index (χ4v) is 2.35. The highest BCUT2D eigenvalue weighted by atomic mass is 79.9. The van der Waals surface area contributed by atoms with Gasteiger partial charge >= 0.3 is 0 Å². The van der Waals surface area contributed by atoms with Crippen molar-refractivity contribution in [2.75, 3.05) is 13.7 Å². The summed E-state index contributed by atoms with van der Waals surface area (Å²) in [6.07, 6.45) is 3.31. The second kappa shape index (κ2) is 6.92. The van der Waals surface area contributed by atoms with E-state index in [0.29, 0.717) is 5.92 Å². The molecule has 1 atom stereocenters. The van der Waals surface area contributed by atoms with E-state index in [1.807, 2.05) is 12.1 Å². The van der Waals surface area contributed by atoms with Crippen molar-refractivity contribution in [3.8, 4) is 5.75 Å². The lowest BCUT2D eigenvalue weighted by Crippen LogP contribution is -2.05. The van der Waals surface area contributed by atoms with Crippen molar-refractivity contribution in [3.63, 3.8) is 0 Å². The van der Waals surface area contributed by atoms with Crippen molar-refractivity contribution in [2.45, 2.75) is 32.1 Å². The fourth-order valence-electron chi connectivity index (χ4n) is 1.97. The summed E-state index contributed by atoms with van der Waals surface area (Å²) in [6, 6.07) is 6.19. The van der Waals surface area contributed by atoms with Gasteiger partial charge < -0.3 is 10.5 Å². The smallest absolute Gasteiger partial charge is 0.122 e. The number of rotatable bonds is 6. The van der Waals surface area contributed by atoms with E-state index in [1.54, 1.807) is 7.11 Å². The van der Waals surface area contributed by atoms with Crippen LogP contribution in [0.3, 0.4) is 0 Å². The van der Waals surface area contributed by atoms with Crippen LogP contribution in [0.4, 0.5) is 0 Å². The van der Waals surface area contributed by atoms with Gasteiger partial charge in [0.2, 0.25) is 0 Å². The molecular formula is C13H20BrNO. The molecule has 2 nitrogen and oxygen atoms in total. The molecule has 0 heterocycles. The predicted molar refractivity (Wildman–Crippen MR) is 72.0 cm³/mol. The summed E-state index contributed by atoms with van der Waals surface area (Å²) in [5, 5.41) is 0. The molecule has 2 N–H and O–H groups in total. The third kappa shape index (κ3) is 3.49. The Morgan fingerprint density at radius 2 is 2.19 bits per heavy atom. The van der Waals surface area contributed by atoms with Crippen LogP contribution in [0.2, 0.25) is 0 Å². The zero-order valence-electron chi connectivity index (χ0n) is 10.0. The molecule has 0 spiro atoms. The van der Waals surface area contributed by atoms with Gasteiger partial charge in [0.1, 0.15) is 5.75 Å². The van der Waals surface area contributed by atoms with Gasteiger partial charge in [-0.1, -0.05) is 22.9 Å². The maximum Gasteiger partial charge on any atom is 0.122 e. The molecule has 0 aliphatic rings. The van der Waals surface area contributed by atoms with Crippen molar-refractivity contribution in [1.29, 1.82) is 0 Å². The predicted octanol–water partition coefficient (Wildman–Crippen LogP) is 3.69. The number of benzene rings is 1. The van der Waals surface area contributed by atoms with Gasteiger partial charge in [-0.25, -0.2) is 0 Å². The lowest BCUT2D eigenvalue weighted by molar-refractivity contribution is 0.402. The molecule has 1 aromatic rings. The summed E-state index contributed by atoms with van der Waals surface area (Å²) in [5.74, 6) is 1.52. The van der Waals surface area contributed by atoms with Crippen LogP contribution < -0.4 is 10.5 Å². The topological polar surface area (TPSA) is 35.2 Å². The summed E-state index contributed by atoms with van der Waals surface area (Å²) in [6.45, 7) is 2.97. The van der Waals surface area contributed by atoms with E-state index in [1.165, 1.54) is 5.56 Å². The van der Waals surface area contributed by atoms with Crippen LogP contribution in [-0.2, 0) is 0 Å². The minimum absolute atomic E-state index is 0.538. The van der Waals surface area contributed by atoms with Gasteiger partial charge in [0.05, 0.1) is 7.11 Å². The van der Waals surface area contributed by atoms with Crippen LogP contribution >= 0.6 is 15.9 Å². The van der Waals surface area contributed by atoms with Gasteiger partial charge in [-0.2, -0.15) is 0 Å². The summed E-state index contributed by atoms with van der Waals surface area (Å²) in [4.78, 5) is 0. The molecule has 0 fully saturated rings. The number of hydrogen-bond donors (Lipinski definition) is 1. The van der Waals surface area contributed by atoms with Crippen molar-refractivity contribution in [3.05, 3.63) is 28.2 Å². The molecule has 0 amide bonds. The lowest BCUT2D eigenvalue weighted by Gasteiger charge is -2.18. The average Bonchev–Trinajstić information content (AvgIpc) is 2.30. The SMILES string of the molecule is CCC(CCCN)c1cc(Br)ccc1OC. The largest absolute Gasteiger partial charge is 0.496 e.